The van der Waals surface area contributed by atoms with Gasteiger partial charge < -0.3 is 4.74 Å². The fourth-order valence-corrected chi connectivity index (χ4v) is 4.47. The molecule has 5 heteroatoms. The molecule has 0 atom stereocenters. The summed E-state index contributed by atoms with van der Waals surface area (Å²) in [6.45, 7) is 3.88. The quantitative estimate of drug-likeness (QED) is 0.291. The summed E-state index contributed by atoms with van der Waals surface area (Å²) in [5.41, 5.74) is 0. The van der Waals surface area contributed by atoms with Crippen molar-refractivity contribution in [3.05, 3.63) is 42.2 Å². The minimum Gasteiger partial charge on any atom is -0.426 e. The van der Waals surface area contributed by atoms with Crippen LogP contribution in [0.5, 0.6) is 5.75 Å². The van der Waals surface area contributed by atoms with Crippen LogP contribution in [0.4, 0.5) is 13.2 Å². The first-order chi connectivity index (χ1) is 12.5. The first-order valence-corrected chi connectivity index (χ1v) is 9.46. The number of hydrogen-bond acceptors (Lipinski definition) is 2. The monoisotopic (exact) mass is 366 g/mol. The summed E-state index contributed by atoms with van der Waals surface area (Å²) in [7, 11) is 0. The van der Waals surface area contributed by atoms with Crippen molar-refractivity contribution in [2.45, 2.75) is 51.4 Å². The number of allylic oxidation sites excluding steroid dienone is 1. The lowest BCUT2D eigenvalue weighted by Gasteiger charge is -2.36. The average Bonchev–Trinajstić information content (AvgIpc) is 2.66. The lowest BCUT2D eigenvalue weighted by molar-refractivity contribution is -0.140. The SMILES string of the molecule is C=CC1CCC(C2CCC(C(=O)Oc3cc(F)c(F)c(F)c3)CC2)CC1. The second-order valence-electron chi connectivity index (χ2n) is 7.64. The van der Waals surface area contributed by atoms with Crippen molar-refractivity contribution in [1.82, 2.24) is 0 Å². The molecule has 2 aliphatic rings. The first-order valence-electron chi connectivity index (χ1n) is 9.46. The van der Waals surface area contributed by atoms with Gasteiger partial charge in [0.25, 0.3) is 0 Å². The minimum atomic E-state index is -1.56. The highest BCUT2D eigenvalue weighted by molar-refractivity contribution is 5.75. The Morgan fingerprint density at radius 3 is 1.92 bits per heavy atom. The van der Waals surface area contributed by atoms with Crippen LogP contribution in [0.15, 0.2) is 24.8 Å². The topological polar surface area (TPSA) is 26.3 Å². The number of carbonyl (C=O) groups excluding carboxylic acids is 1. The Morgan fingerprint density at radius 1 is 0.923 bits per heavy atom. The van der Waals surface area contributed by atoms with Crippen LogP contribution in [0.2, 0.25) is 0 Å². The van der Waals surface area contributed by atoms with E-state index in [0.29, 0.717) is 24.0 Å². The van der Waals surface area contributed by atoms with E-state index in [9.17, 15) is 18.0 Å². The molecule has 3 rings (SSSR count). The maximum Gasteiger partial charge on any atom is 0.314 e. The van der Waals surface area contributed by atoms with Crippen molar-refractivity contribution in [1.29, 1.82) is 0 Å². The Kier molecular flexibility index (Phi) is 6.05. The number of carbonyl (C=O) groups is 1. The molecule has 0 aromatic heterocycles. The summed E-state index contributed by atoms with van der Waals surface area (Å²) in [5.74, 6) is -3.27. The van der Waals surface area contributed by atoms with Crippen LogP contribution in [0.1, 0.15) is 51.4 Å². The summed E-state index contributed by atoms with van der Waals surface area (Å²) < 4.78 is 44.5. The van der Waals surface area contributed by atoms with E-state index < -0.39 is 23.4 Å². The highest BCUT2D eigenvalue weighted by Gasteiger charge is 2.33. The van der Waals surface area contributed by atoms with Crippen LogP contribution in [-0.4, -0.2) is 5.97 Å². The molecule has 2 nitrogen and oxygen atoms in total. The highest BCUT2D eigenvalue weighted by atomic mass is 19.2. The molecule has 142 valence electrons. The van der Waals surface area contributed by atoms with E-state index in [1.807, 2.05) is 0 Å². The molecule has 0 heterocycles. The smallest absolute Gasteiger partial charge is 0.314 e. The van der Waals surface area contributed by atoms with Gasteiger partial charge in [0.15, 0.2) is 17.5 Å². The van der Waals surface area contributed by atoms with Crippen molar-refractivity contribution >= 4 is 5.97 Å². The lowest BCUT2D eigenvalue weighted by atomic mass is 9.69. The van der Waals surface area contributed by atoms with Crippen LogP contribution < -0.4 is 4.74 Å². The molecule has 1 aromatic carbocycles. The van der Waals surface area contributed by atoms with Gasteiger partial charge in [0.1, 0.15) is 5.75 Å². The Balaban J connectivity index is 1.50. The molecule has 0 unspecified atom stereocenters. The molecule has 2 fully saturated rings. The van der Waals surface area contributed by atoms with E-state index in [1.165, 1.54) is 25.7 Å². The number of halogens is 3. The van der Waals surface area contributed by atoms with Gasteiger partial charge in [0.05, 0.1) is 5.92 Å². The summed E-state index contributed by atoms with van der Waals surface area (Å²) in [4.78, 5) is 12.3. The molecular weight excluding hydrogens is 341 g/mol. The van der Waals surface area contributed by atoms with Crippen LogP contribution >= 0.6 is 0 Å². The fraction of sp³-hybridized carbons (Fsp3) is 0.571. The van der Waals surface area contributed by atoms with Crippen molar-refractivity contribution in [3.63, 3.8) is 0 Å². The Labute approximate surface area is 152 Å². The van der Waals surface area contributed by atoms with Crippen molar-refractivity contribution in [2.75, 3.05) is 0 Å². The molecule has 0 bridgehead atoms. The number of rotatable bonds is 4. The van der Waals surface area contributed by atoms with E-state index >= 15 is 0 Å². The molecular formula is C21H25F3O2. The van der Waals surface area contributed by atoms with Gasteiger partial charge >= 0.3 is 5.97 Å². The largest absolute Gasteiger partial charge is 0.426 e. The Hall–Kier alpha value is -1.78. The molecule has 0 spiro atoms. The van der Waals surface area contributed by atoms with Gasteiger partial charge in [-0.3, -0.25) is 4.79 Å². The van der Waals surface area contributed by atoms with Crippen LogP contribution in [-0.2, 0) is 4.79 Å². The van der Waals surface area contributed by atoms with Gasteiger partial charge in [0.2, 0.25) is 0 Å². The number of ether oxygens (including phenoxy) is 1. The maximum absolute atomic E-state index is 13.2. The Morgan fingerprint density at radius 2 is 1.42 bits per heavy atom. The van der Waals surface area contributed by atoms with Crippen LogP contribution in [0.25, 0.3) is 0 Å². The van der Waals surface area contributed by atoms with Gasteiger partial charge in [-0.25, -0.2) is 13.2 Å². The first kappa shape index (κ1) is 19.0. The van der Waals surface area contributed by atoms with Crippen molar-refractivity contribution in [3.8, 4) is 5.75 Å². The van der Waals surface area contributed by atoms with Gasteiger partial charge in [-0.15, -0.1) is 6.58 Å². The van der Waals surface area contributed by atoms with E-state index in [-0.39, 0.29) is 11.7 Å². The normalized spacial score (nSPS) is 29.2. The molecule has 0 amide bonds. The summed E-state index contributed by atoms with van der Waals surface area (Å²) in [6.07, 6.45) is 10.4. The van der Waals surface area contributed by atoms with Gasteiger partial charge in [-0.1, -0.05) is 6.08 Å². The summed E-state index contributed by atoms with van der Waals surface area (Å²) >= 11 is 0. The second kappa shape index (κ2) is 8.28. The zero-order chi connectivity index (χ0) is 18.7. The molecule has 2 aliphatic carbocycles. The zero-order valence-electron chi connectivity index (χ0n) is 14.9. The molecule has 0 N–H and O–H groups in total. The van der Waals surface area contributed by atoms with Gasteiger partial charge in [-0.05, 0) is 69.1 Å². The molecule has 1 aromatic rings. The third-order valence-corrected chi connectivity index (χ3v) is 6.10. The van der Waals surface area contributed by atoms with E-state index in [1.54, 1.807) is 0 Å². The standard InChI is InChI=1S/C21H25F3O2/c1-2-13-3-5-14(6-4-13)15-7-9-16(10-8-15)21(25)26-17-11-18(22)20(24)19(23)12-17/h2,11-16H,1,3-10H2. The number of benzene rings is 1. The molecule has 0 aliphatic heterocycles. The summed E-state index contributed by atoms with van der Waals surface area (Å²) in [5, 5.41) is 0. The molecule has 0 saturated heterocycles. The third kappa shape index (κ3) is 4.30. The highest BCUT2D eigenvalue weighted by Crippen LogP contribution is 2.41. The lowest BCUT2D eigenvalue weighted by Crippen LogP contribution is -2.30. The number of hydrogen-bond donors (Lipinski definition) is 0. The van der Waals surface area contributed by atoms with E-state index in [0.717, 1.165) is 31.6 Å². The predicted molar refractivity (Wildman–Crippen MR) is 93.0 cm³/mol. The van der Waals surface area contributed by atoms with Crippen LogP contribution in [0.3, 0.4) is 0 Å². The molecule has 2 saturated carbocycles. The third-order valence-electron chi connectivity index (χ3n) is 6.10. The fourth-order valence-electron chi connectivity index (χ4n) is 4.47. The minimum absolute atomic E-state index is 0.257. The van der Waals surface area contributed by atoms with Gasteiger partial charge in [0, 0.05) is 12.1 Å². The van der Waals surface area contributed by atoms with Crippen molar-refractivity contribution < 1.29 is 22.7 Å². The zero-order valence-corrected chi connectivity index (χ0v) is 14.9. The maximum atomic E-state index is 13.2. The predicted octanol–water partition coefficient (Wildman–Crippen LogP) is 5.81. The van der Waals surface area contributed by atoms with E-state index in [4.69, 9.17) is 4.74 Å². The molecule has 0 radical (unpaired) electrons. The average molecular weight is 366 g/mol. The van der Waals surface area contributed by atoms with Crippen molar-refractivity contribution in [2.24, 2.45) is 23.7 Å². The summed E-state index contributed by atoms with van der Waals surface area (Å²) in [6, 6.07) is 1.42. The van der Waals surface area contributed by atoms with E-state index in [2.05, 4.69) is 12.7 Å². The second-order valence-corrected chi connectivity index (χ2v) is 7.64. The molecule has 26 heavy (non-hydrogen) atoms. The number of esters is 1. The van der Waals surface area contributed by atoms with Crippen LogP contribution in [0, 0.1) is 41.1 Å². The Bertz CT molecular complexity index is 634. The van der Waals surface area contributed by atoms with Gasteiger partial charge in [-0.2, -0.15) is 0 Å².